The van der Waals surface area contributed by atoms with Gasteiger partial charge >= 0.3 is 0 Å². The Kier molecular flexibility index (Phi) is 5.39. The number of thiazole rings is 1. The van der Waals surface area contributed by atoms with E-state index in [4.69, 9.17) is 4.74 Å². The summed E-state index contributed by atoms with van der Waals surface area (Å²) in [7, 11) is 0. The van der Waals surface area contributed by atoms with Gasteiger partial charge in [0.25, 0.3) is 5.91 Å². The van der Waals surface area contributed by atoms with Crippen molar-refractivity contribution in [1.82, 2.24) is 14.9 Å². The zero-order chi connectivity index (χ0) is 19.5. The van der Waals surface area contributed by atoms with Gasteiger partial charge in [0.15, 0.2) is 0 Å². The summed E-state index contributed by atoms with van der Waals surface area (Å²) >= 11 is 1.43. The highest BCUT2D eigenvalue weighted by Gasteiger charge is 2.32. The molecule has 2 aromatic heterocycles. The van der Waals surface area contributed by atoms with Crippen LogP contribution in [0.4, 0.5) is 0 Å². The normalized spacial score (nSPS) is 16.4. The molecular formula is C22H23N3O2S. The number of carbonyl (C=O) groups is 1. The SMILES string of the molecule is Cc1ccc(OCc2nc(C)c(C(=O)N3CCCC3c3ccncc3)s2)cc1. The minimum atomic E-state index is 0.0656. The van der Waals surface area contributed by atoms with Crippen LogP contribution in [0.15, 0.2) is 48.8 Å². The molecule has 1 saturated heterocycles. The molecule has 1 aliphatic rings. The molecule has 1 atom stereocenters. The molecule has 1 fully saturated rings. The van der Waals surface area contributed by atoms with Gasteiger partial charge < -0.3 is 9.64 Å². The number of aryl methyl sites for hydroxylation is 2. The Morgan fingerprint density at radius 1 is 1.18 bits per heavy atom. The van der Waals surface area contributed by atoms with Gasteiger partial charge in [0.1, 0.15) is 22.2 Å². The maximum atomic E-state index is 13.2. The number of pyridine rings is 1. The molecule has 1 amide bonds. The topological polar surface area (TPSA) is 55.3 Å². The quantitative estimate of drug-likeness (QED) is 0.630. The van der Waals surface area contributed by atoms with Crippen LogP contribution in [0.25, 0.3) is 0 Å². The number of likely N-dealkylation sites (tertiary alicyclic amines) is 1. The average Bonchev–Trinajstić information content (AvgIpc) is 3.34. The second-order valence-corrected chi connectivity index (χ2v) is 8.14. The summed E-state index contributed by atoms with van der Waals surface area (Å²) in [6.45, 7) is 5.09. The lowest BCUT2D eigenvalue weighted by atomic mass is 10.1. The van der Waals surface area contributed by atoms with Gasteiger partial charge in [0.05, 0.1) is 11.7 Å². The fraction of sp³-hybridized carbons (Fsp3) is 0.318. The molecule has 28 heavy (non-hydrogen) atoms. The fourth-order valence-corrected chi connectivity index (χ4v) is 4.50. The van der Waals surface area contributed by atoms with Crippen molar-refractivity contribution in [3.8, 4) is 5.75 Å². The molecule has 1 aliphatic heterocycles. The van der Waals surface area contributed by atoms with Gasteiger partial charge in [0, 0.05) is 18.9 Å². The van der Waals surface area contributed by atoms with Crippen LogP contribution in [0.1, 0.15) is 50.4 Å². The lowest BCUT2D eigenvalue weighted by Crippen LogP contribution is -2.30. The molecule has 3 aromatic rings. The van der Waals surface area contributed by atoms with Crippen LogP contribution in [0.2, 0.25) is 0 Å². The molecule has 0 spiro atoms. The van der Waals surface area contributed by atoms with Crippen LogP contribution in [-0.2, 0) is 6.61 Å². The summed E-state index contributed by atoms with van der Waals surface area (Å²) in [6.07, 6.45) is 5.57. The summed E-state index contributed by atoms with van der Waals surface area (Å²) in [5.41, 5.74) is 3.11. The Labute approximate surface area is 169 Å². The van der Waals surface area contributed by atoms with Gasteiger partial charge in [-0.2, -0.15) is 0 Å². The molecule has 5 nitrogen and oxygen atoms in total. The van der Waals surface area contributed by atoms with Gasteiger partial charge in [-0.1, -0.05) is 17.7 Å². The maximum Gasteiger partial charge on any atom is 0.266 e. The Bertz CT molecular complexity index is 954. The number of ether oxygens (including phenoxy) is 1. The highest BCUT2D eigenvalue weighted by atomic mass is 32.1. The number of carbonyl (C=O) groups excluding carboxylic acids is 1. The molecular weight excluding hydrogens is 370 g/mol. The first-order valence-electron chi connectivity index (χ1n) is 9.48. The van der Waals surface area contributed by atoms with Crippen LogP contribution in [0.5, 0.6) is 5.75 Å². The first-order chi connectivity index (χ1) is 13.6. The van der Waals surface area contributed by atoms with Crippen molar-refractivity contribution in [3.63, 3.8) is 0 Å². The number of hydrogen-bond donors (Lipinski definition) is 0. The van der Waals surface area contributed by atoms with E-state index in [9.17, 15) is 4.79 Å². The van der Waals surface area contributed by atoms with E-state index in [0.29, 0.717) is 11.5 Å². The van der Waals surface area contributed by atoms with Gasteiger partial charge in [-0.05, 0) is 56.5 Å². The third kappa shape index (κ3) is 3.92. The smallest absolute Gasteiger partial charge is 0.266 e. The van der Waals surface area contributed by atoms with Crippen LogP contribution < -0.4 is 4.74 Å². The number of aromatic nitrogens is 2. The minimum Gasteiger partial charge on any atom is -0.486 e. The van der Waals surface area contributed by atoms with E-state index in [2.05, 4.69) is 9.97 Å². The number of hydrogen-bond acceptors (Lipinski definition) is 5. The van der Waals surface area contributed by atoms with Crippen molar-refractivity contribution in [2.45, 2.75) is 39.3 Å². The Hall–Kier alpha value is -2.73. The van der Waals surface area contributed by atoms with E-state index in [0.717, 1.165) is 41.4 Å². The van der Waals surface area contributed by atoms with Crippen molar-refractivity contribution >= 4 is 17.2 Å². The van der Waals surface area contributed by atoms with Gasteiger partial charge in [-0.25, -0.2) is 4.98 Å². The number of rotatable bonds is 5. The van der Waals surface area contributed by atoms with Crippen LogP contribution in [-0.4, -0.2) is 27.3 Å². The Balaban J connectivity index is 1.48. The molecule has 3 heterocycles. The third-order valence-corrected chi connectivity index (χ3v) is 6.14. The summed E-state index contributed by atoms with van der Waals surface area (Å²) in [5.74, 6) is 0.875. The van der Waals surface area contributed by atoms with Crippen LogP contribution in [0.3, 0.4) is 0 Å². The molecule has 144 valence electrons. The molecule has 0 radical (unpaired) electrons. The lowest BCUT2D eigenvalue weighted by molar-refractivity contribution is 0.0739. The molecule has 4 rings (SSSR count). The monoisotopic (exact) mass is 393 g/mol. The van der Waals surface area contributed by atoms with E-state index in [1.165, 1.54) is 16.9 Å². The molecule has 0 bridgehead atoms. The van der Waals surface area contributed by atoms with Crippen LogP contribution >= 0.6 is 11.3 Å². The van der Waals surface area contributed by atoms with Gasteiger partial charge in [0.2, 0.25) is 0 Å². The zero-order valence-electron chi connectivity index (χ0n) is 16.1. The van der Waals surface area contributed by atoms with Crippen molar-refractivity contribution in [2.24, 2.45) is 0 Å². The standard InChI is InChI=1S/C22H23N3O2S/c1-15-5-7-18(8-6-15)27-14-20-24-16(2)21(28-20)22(26)25-13-3-4-19(25)17-9-11-23-12-10-17/h5-12,19H,3-4,13-14H2,1-2H3. The average molecular weight is 394 g/mol. The fourth-order valence-electron chi connectivity index (χ4n) is 3.56. The first kappa shape index (κ1) is 18.6. The van der Waals surface area contributed by atoms with E-state index < -0.39 is 0 Å². The summed E-state index contributed by atoms with van der Waals surface area (Å²) in [4.78, 5) is 24.6. The highest BCUT2D eigenvalue weighted by Crippen LogP contribution is 2.34. The van der Waals surface area contributed by atoms with Gasteiger partial charge in [-0.3, -0.25) is 9.78 Å². The minimum absolute atomic E-state index is 0.0656. The van der Waals surface area contributed by atoms with Crippen molar-refractivity contribution < 1.29 is 9.53 Å². The van der Waals surface area contributed by atoms with Crippen LogP contribution in [0, 0.1) is 13.8 Å². The van der Waals surface area contributed by atoms with Gasteiger partial charge in [-0.15, -0.1) is 11.3 Å². The lowest BCUT2D eigenvalue weighted by Gasteiger charge is -2.24. The first-order valence-corrected chi connectivity index (χ1v) is 10.3. The molecule has 0 aliphatic carbocycles. The zero-order valence-corrected chi connectivity index (χ0v) is 16.9. The predicted octanol–water partition coefficient (Wildman–Crippen LogP) is 4.71. The van der Waals surface area contributed by atoms with E-state index in [-0.39, 0.29) is 11.9 Å². The predicted molar refractivity (Wildman–Crippen MR) is 110 cm³/mol. The van der Waals surface area contributed by atoms with E-state index in [1.54, 1.807) is 12.4 Å². The molecule has 0 saturated carbocycles. The maximum absolute atomic E-state index is 13.2. The second kappa shape index (κ2) is 8.10. The number of amides is 1. The summed E-state index contributed by atoms with van der Waals surface area (Å²) in [5, 5.41) is 0.820. The molecule has 0 N–H and O–H groups in total. The molecule has 1 unspecified atom stereocenters. The third-order valence-electron chi connectivity index (χ3n) is 5.02. The number of nitrogens with zero attached hydrogens (tertiary/aromatic N) is 3. The van der Waals surface area contributed by atoms with Crippen molar-refractivity contribution in [2.75, 3.05) is 6.54 Å². The van der Waals surface area contributed by atoms with Crippen molar-refractivity contribution in [1.29, 1.82) is 0 Å². The molecule has 1 aromatic carbocycles. The van der Waals surface area contributed by atoms with E-state index in [1.807, 2.05) is 55.1 Å². The number of benzene rings is 1. The summed E-state index contributed by atoms with van der Waals surface area (Å²) < 4.78 is 5.83. The van der Waals surface area contributed by atoms with E-state index >= 15 is 0 Å². The second-order valence-electron chi connectivity index (χ2n) is 7.06. The Morgan fingerprint density at radius 3 is 2.68 bits per heavy atom. The summed E-state index contributed by atoms with van der Waals surface area (Å²) in [6, 6.07) is 12.0. The molecule has 6 heteroatoms. The van der Waals surface area contributed by atoms with Crippen molar-refractivity contribution in [3.05, 3.63) is 75.5 Å². The largest absolute Gasteiger partial charge is 0.486 e. The highest BCUT2D eigenvalue weighted by molar-refractivity contribution is 7.13. The Morgan fingerprint density at radius 2 is 1.93 bits per heavy atom.